The fourth-order valence-electron chi connectivity index (χ4n) is 1.00. The Balaban J connectivity index is 3.01. The molecule has 0 aliphatic carbocycles. The predicted molar refractivity (Wildman–Crippen MR) is 52.7 cm³/mol. The van der Waals surface area contributed by atoms with Gasteiger partial charge in [-0.3, -0.25) is 0 Å². The molecule has 0 radical (unpaired) electrons. The van der Waals surface area contributed by atoms with Gasteiger partial charge in [0.1, 0.15) is 0 Å². The molecule has 3 N–H and O–H groups in total. The van der Waals surface area contributed by atoms with E-state index in [2.05, 4.69) is 0 Å². The van der Waals surface area contributed by atoms with Crippen LogP contribution < -0.4 is 5.73 Å². The molecule has 1 aromatic rings. The summed E-state index contributed by atoms with van der Waals surface area (Å²) in [5.41, 5.74) is 6.38. The molecule has 0 fully saturated rings. The van der Waals surface area contributed by atoms with Crippen LogP contribution >= 0.6 is 0 Å². The van der Waals surface area contributed by atoms with Crippen LogP contribution in [0.1, 0.15) is 19.4 Å². The molecule has 0 amide bonds. The zero-order valence-corrected chi connectivity index (χ0v) is 8.47. The lowest BCUT2D eigenvalue weighted by atomic mass is 9.96. The van der Waals surface area contributed by atoms with E-state index >= 15 is 0 Å². The third-order valence-electron chi connectivity index (χ3n) is 1.80. The highest BCUT2D eigenvalue weighted by Crippen LogP contribution is 2.17. The lowest BCUT2D eigenvalue weighted by molar-refractivity contribution is 0.551. The number of hydrogen-bond donors (Lipinski definition) is 2. The molecule has 72 valence electrons. The Bertz CT molecular complexity index is 313. The molecule has 0 aromatic heterocycles. The molecule has 1 unspecified atom stereocenters. The lowest BCUT2D eigenvalue weighted by Gasteiger charge is -2.18. The average Bonchev–Trinajstić information content (AvgIpc) is 2.03. The van der Waals surface area contributed by atoms with Crippen LogP contribution in [-0.4, -0.2) is 8.76 Å². The van der Waals surface area contributed by atoms with Crippen molar-refractivity contribution in [3.8, 4) is 0 Å². The van der Waals surface area contributed by atoms with Crippen LogP contribution in [0.25, 0.3) is 0 Å². The summed E-state index contributed by atoms with van der Waals surface area (Å²) in [5, 5.41) is 0. The summed E-state index contributed by atoms with van der Waals surface area (Å²) in [7, 11) is 0. The molecule has 0 saturated heterocycles. The van der Waals surface area contributed by atoms with Crippen LogP contribution in [0, 0.1) is 0 Å². The second-order valence-corrected chi connectivity index (χ2v) is 4.46. The molecule has 0 aliphatic rings. The van der Waals surface area contributed by atoms with E-state index in [-0.39, 0.29) is 0 Å². The number of rotatable bonds is 2. The van der Waals surface area contributed by atoms with Gasteiger partial charge in [0.25, 0.3) is 0 Å². The van der Waals surface area contributed by atoms with E-state index in [0.29, 0.717) is 4.90 Å². The second kappa shape index (κ2) is 3.57. The summed E-state index contributed by atoms with van der Waals surface area (Å²) in [5.74, 6) is 0. The van der Waals surface area contributed by atoms with E-state index in [1.165, 1.54) is 0 Å². The van der Waals surface area contributed by atoms with E-state index in [0.717, 1.165) is 5.56 Å². The molecular weight excluding hydrogens is 186 g/mol. The standard InChI is InChI=1S/C9H13NO2S/c1-9(2,10)7-3-5-8(6-4-7)13(11)12/h3-6H,10H2,1-2H3,(H,11,12). The predicted octanol–water partition coefficient (Wildman–Crippen LogP) is 1.46. The Labute approximate surface area is 80.2 Å². The molecule has 1 atom stereocenters. The molecule has 0 aliphatic heterocycles. The van der Waals surface area contributed by atoms with E-state index in [4.69, 9.17) is 10.3 Å². The molecule has 0 spiro atoms. The van der Waals surface area contributed by atoms with E-state index in [1.54, 1.807) is 24.3 Å². The first-order valence-corrected chi connectivity index (χ1v) is 5.02. The van der Waals surface area contributed by atoms with Crippen molar-refractivity contribution in [3.05, 3.63) is 29.8 Å². The minimum Gasteiger partial charge on any atom is -0.322 e. The highest BCUT2D eigenvalue weighted by atomic mass is 32.2. The summed E-state index contributed by atoms with van der Waals surface area (Å²) in [6.45, 7) is 3.77. The Kier molecular flexibility index (Phi) is 2.85. The van der Waals surface area contributed by atoms with Crippen molar-refractivity contribution in [1.82, 2.24) is 0 Å². The molecule has 0 heterocycles. The van der Waals surface area contributed by atoms with Gasteiger partial charge in [-0.2, -0.15) is 0 Å². The van der Waals surface area contributed by atoms with Gasteiger partial charge >= 0.3 is 0 Å². The molecular formula is C9H13NO2S. The molecule has 3 nitrogen and oxygen atoms in total. The van der Waals surface area contributed by atoms with Crippen LogP contribution in [0.3, 0.4) is 0 Å². The normalized spacial score (nSPS) is 14.2. The Morgan fingerprint density at radius 3 is 2.08 bits per heavy atom. The van der Waals surface area contributed by atoms with Crippen molar-refractivity contribution in [2.24, 2.45) is 5.73 Å². The lowest BCUT2D eigenvalue weighted by Crippen LogP contribution is -2.28. The fraction of sp³-hybridized carbons (Fsp3) is 0.333. The van der Waals surface area contributed by atoms with Crippen molar-refractivity contribution in [2.75, 3.05) is 0 Å². The maximum atomic E-state index is 10.6. The largest absolute Gasteiger partial charge is 0.322 e. The molecule has 1 rings (SSSR count). The third-order valence-corrected chi connectivity index (χ3v) is 2.48. The van der Waals surface area contributed by atoms with Crippen molar-refractivity contribution < 1.29 is 8.76 Å². The van der Waals surface area contributed by atoms with E-state index in [1.807, 2.05) is 13.8 Å². The van der Waals surface area contributed by atoms with Crippen LogP contribution in [0.2, 0.25) is 0 Å². The summed E-state index contributed by atoms with van der Waals surface area (Å²) < 4.78 is 19.4. The maximum Gasteiger partial charge on any atom is 0.186 e. The summed E-state index contributed by atoms with van der Waals surface area (Å²) >= 11 is -1.90. The van der Waals surface area contributed by atoms with Gasteiger partial charge in [-0.15, -0.1) is 0 Å². The van der Waals surface area contributed by atoms with Crippen LogP contribution in [0.15, 0.2) is 29.2 Å². The maximum absolute atomic E-state index is 10.6. The SMILES string of the molecule is CC(C)(N)c1ccc(S(=O)O)cc1. The van der Waals surface area contributed by atoms with Crippen LogP contribution in [-0.2, 0) is 16.6 Å². The van der Waals surface area contributed by atoms with Gasteiger partial charge in [0.05, 0.1) is 4.90 Å². The van der Waals surface area contributed by atoms with Gasteiger partial charge in [0.15, 0.2) is 11.1 Å². The number of hydrogen-bond acceptors (Lipinski definition) is 2. The first kappa shape index (κ1) is 10.4. The van der Waals surface area contributed by atoms with Crippen LogP contribution in [0.5, 0.6) is 0 Å². The van der Waals surface area contributed by atoms with Crippen LogP contribution in [0.4, 0.5) is 0 Å². The van der Waals surface area contributed by atoms with Gasteiger partial charge < -0.3 is 10.3 Å². The fourth-order valence-corrected chi connectivity index (χ4v) is 1.37. The highest BCUT2D eigenvalue weighted by Gasteiger charge is 2.13. The number of benzene rings is 1. The molecule has 0 saturated carbocycles. The van der Waals surface area contributed by atoms with E-state index in [9.17, 15) is 4.21 Å². The van der Waals surface area contributed by atoms with Gasteiger partial charge in [0, 0.05) is 5.54 Å². The smallest absolute Gasteiger partial charge is 0.186 e. The van der Waals surface area contributed by atoms with Crippen molar-refractivity contribution >= 4 is 11.1 Å². The molecule has 13 heavy (non-hydrogen) atoms. The van der Waals surface area contributed by atoms with Crippen molar-refractivity contribution in [3.63, 3.8) is 0 Å². The van der Waals surface area contributed by atoms with Gasteiger partial charge in [-0.1, -0.05) is 12.1 Å². The third kappa shape index (κ3) is 2.62. The summed E-state index contributed by atoms with van der Waals surface area (Å²) in [4.78, 5) is 0.396. The van der Waals surface area contributed by atoms with Gasteiger partial charge in [-0.05, 0) is 31.5 Å². The second-order valence-electron chi connectivity index (χ2n) is 3.50. The number of nitrogens with two attached hydrogens (primary N) is 1. The van der Waals surface area contributed by atoms with E-state index < -0.39 is 16.6 Å². The van der Waals surface area contributed by atoms with Gasteiger partial charge in [-0.25, -0.2) is 4.21 Å². The minimum absolute atomic E-state index is 0.396. The average molecular weight is 199 g/mol. The summed E-state index contributed by atoms with van der Waals surface area (Å²) in [6, 6.07) is 6.76. The zero-order chi connectivity index (χ0) is 10.1. The minimum atomic E-state index is -1.90. The monoisotopic (exact) mass is 199 g/mol. The zero-order valence-electron chi connectivity index (χ0n) is 7.65. The Morgan fingerprint density at radius 2 is 1.77 bits per heavy atom. The Morgan fingerprint density at radius 1 is 1.31 bits per heavy atom. The molecule has 1 aromatic carbocycles. The first-order chi connectivity index (χ1) is 5.91. The van der Waals surface area contributed by atoms with Crippen molar-refractivity contribution in [1.29, 1.82) is 0 Å². The summed E-state index contributed by atoms with van der Waals surface area (Å²) in [6.07, 6.45) is 0. The first-order valence-electron chi connectivity index (χ1n) is 3.91. The van der Waals surface area contributed by atoms with Crippen molar-refractivity contribution in [2.45, 2.75) is 24.3 Å². The van der Waals surface area contributed by atoms with Gasteiger partial charge in [0.2, 0.25) is 0 Å². The molecule has 4 heteroatoms. The Hall–Kier alpha value is -0.710. The quantitative estimate of drug-likeness (QED) is 0.709. The highest BCUT2D eigenvalue weighted by molar-refractivity contribution is 7.79. The topological polar surface area (TPSA) is 63.3 Å². The molecule has 0 bridgehead atoms.